The van der Waals surface area contributed by atoms with Gasteiger partial charge in [-0.3, -0.25) is 9.36 Å². The number of nitrogens with zero attached hydrogens (tertiary/aromatic N) is 2. The van der Waals surface area contributed by atoms with Crippen LogP contribution < -0.4 is 19.6 Å². The lowest BCUT2D eigenvalue weighted by atomic mass is 9.99. The molecule has 0 spiro atoms. The third-order valence-electron chi connectivity index (χ3n) is 6.27. The summed E-state index contributed by atoms with van der Waals surface area (Å²) in [6.45, 7) is 8.06. The van der Waals surface area contributed by atoms with Crippen molar-refractivity contribution in [1.82, 2.24) is 4.57 Å². The number of thiazole rings is 1. The molecule has 6 nitrogen and oxygen atoms in total. The Balaban J connectivity index is 1.78. The van der Waals surface area contributed by atoms with E-state index in [0.29, 0.717) is 27.0 Å². The molecular formula is C30H30N2O4S2. The molecule has 0 saturated heterocycles. The van der Waals surface area contributed by atoms with Crippen molar-refractivity contribution in [2.45, 2.75) is 52.7 Å². The fourth-order valence-electron chi connectivity index (χ4n) is 4.75. The van der Waals surface area contributed by atoms with Gasteiger partial charge in [0.05, 0.1) is 28.5 Å². The van der Waals surface area contributed by atoms with E-state index in [0.717, 1.165) is 33.4 Å². The van der Waals surface area contributed by atoms with Gasteiger partial charge >= 0.3 is 5.97 Å². The minimum Gasteiger partial charge on any atom is -0.490 e. The Morgan fingerprint density at radius 1 is 1.13 bits per heavy atom. The van der Waals surface area contributed by atoms with Crippen molar-refractivity contribution in [3.05, 3.63) is 95.3 Å². The number of benzene rings is 2. The van der Waals surface area contributed by atoms with Crippen molar-refractivity contribution in [1.29, 1.82) is 0 Å². The Morgan fingerprint density at radius 3 is 2.66 bits per heavy atom. The second kappa shape index (κ2) is 11.1. The number of hydrogen-bond donors (Lipinski definition) is 0. The average Bonchev–Trinajstić information content (AvgIpc) is 3.53. The molecule has 1 aliphatic rings. The molecule has 1 aliphatic heterocycles. The number of esters is 1. The van der Waals surface area contributed by atoms with Gasteiger partial charge in [-0.15, -0.1) is 11.3 Å². The third-order valence-corrected chi connectivity index (χ3v) is 8.18. The van der Waals surface area contributed by atoms with E-state index >= 15 is 0 Å². The summed E-state index contributed by atoms with van der Waals surface area (Å²) in [5, 5.41) is 4.03. The Hall–Kier alpha value is -3.49. The molecule has 2 aromatic carbocycles. The zero-order chi connectivity index (χ0) is 26.8. The number of allylic oxidation sites excluding steroid dienone is 1. The summed E-state index contributed by atoms with van der Waals surface area (Å²) in [6, 6.07) is 15.4. The molecule has 0 unspecified atom stereocenters. The number of ether oxygens (including phenoxy) is 2. The summed E-state index contributed by atoms with van der Waals surface area (Å²) >= 11 is 2.86. The minimum absolute atomic E-state index is 0.0212. The Morgan fingerprint density at radius 2 is 1.95 bits per heavy atom. The smallest absolute Gasteiger partial charge is 0.338 e. The van der Waals surface area contributed by atoms with E-state index in [9.17, 15) is 9.59 Å². The van der Waals surface area contributed by atoms with Crippen molar-refractivity contribution in [3.8, 4) is 5.75 Å². The van der Waals surface area contributed by atoms with Gasteiger partial charge in [0, 0.05) is 10.4 Å². The Bertz CT molecular complexity index is 1690. The lowest BCUT2D eigenvalue weighted by Gasteiger charge is -2.24. The summed E-state index contributed by atoms with van der Waals surface area (Å²) in [6.07, 6.45) is 3.33. The van der Waals surface area contributed by atoms with E-state index in [2.05, 4.69) is 6.92 Å². The van der Waals surface area contributed by atoms with Gasteiger partial charge in [0.2, 0.25) is 0 Å². The third kappa shape index (κ3) is 4.86. The number of rotatable bonds is 8. The first kappa shape index (κ1) is 26.1. The first-order valence-corrected chi connectivity index (χ1v) is 14.6. The molecule has 4 aromatic rings. The SMILES string of the molecule is CCCC1=C(C(=O)OCC)[C@H](c2cccs2)n2c(s/c(=C\c3c(OC(C)C)ccc4ccccc34)c2=O)=N1. The molecule has 5 rings (SSSR count). The van der Waals surface area contributed by atoms with E-state index < -0.39 is 12.0 Å². The molecule has 8 heteroatoms. The number of fused-ring (bicyclic) bond motifs is 2. The monoisotopic (exact) mass is 546 g/mol. The van der Waals surface area contributed by atoms with Gasteiger partial charge in [-0.25, -0.2) is 9.79 Å². The van der Waals surface area contributed by atoms with E-state index in [-0.39, 0.29) is 18.3 Å². The van der Waals surface area contributed by atoms with Gasteiger partial charge < -0.3 is 9.47 Å². The second-order valence-corrected chi connectivity index (χ2v) is 11.3. The predicted octanol–water partition coefficient (Wildman–Crippen LogP) is 5.58. The van der Waals surface area contributed by atoms with Crippen molar-refractivity contribution < 1.29 is 14.3 Å². The molecule has 0 bridgehead atoms. The largest absolute Gasteiger partial charge is 0.490 e. The molecule has 0 amide bonds. The van der Waals surface area contributed by atoms with Crippen molar-refractivity contribution in [2.75, 3.05) is 6.61 Å². The van der Waals surface area contributed by atoms with Crippen LogP contribution in [0.2, 0.25) is 0 Å². The molecule has 0 aliphatic carbocycles. The molecular weight excluding hydrogens is 516 g/mol. The van der Waals surface area contributed by atoms with Crippen molar-refractivity contribution in [2.24, 2.45) is 4.99 Å². The van der Waals surface area contributed by atoms with Gasteiger partial charge in [-0.2, -0.15) is 0 Å². The van der Waals surface area contributed by atoms with Crippen LogP contribution in [0.4, 0.5) is 0 Å². The van der Waals surface area contributed by atoms with Crippen LogP contribution in [-0.4, -0.2) is 23.2 Å². The minimum atomic E-state index is -0.576. The highest BCUT2D eigenvalue weighted by Crippen LogP contribution is 2.35. The Kier molecular flexibility index (Phi) is 7.63. The molecule has 3 heterocycles. The highest BCUT2D eigenvalue weighted by atomic mass is 32.1. The summed E-state index contributed by atoms with van der Waals surface area (Å²) in [5.74, 6) is 0.298. The van der Waals surface area contributed by atoms with Crippen LogP contribution in [0.3, 0.4) is 0 Å². The Labute approximate surface area is 229 Å². The number of thiophene rings is 1. The predicted molar refractivity (Wildman–Crippen MR) is 154 cm³/mol. The van der Waals surface area contributed by atoms with E-state index in [4.69, 9.17) is 14.5 Å². The maximum atomic E-state index is 14.1. The van der Waals surface area contributed by atoms with Crippen molar-refractivity contribution in [3.63, 3.8) is 0 Å². The van der Waals surface area contributed by atoms with Crippen LogP contribution in [0.25, 0.3) is 16.8 Å². The first-order chi connectivity index (χ1) is 18.4. The van der Waals surface area contributed by atoms with Gasteiger partial charge in [0.1, 0.15) is 11.8 Å². The van der Waals surface area contributed by atoms with Crippen molar-refractivity contribution >= 4 is 45.5 Å². The number of aromatic nitrogens is 1. The number of hydrogen-bond acceptors (Lipinski definition) is 7. The lowest BCUT2D eigenvalue weighted by molar-refractivity contribution is -0.139. The van der Waals surface area contributed by atoms with Crippen LogP contribution in [-0.2, 0) is 9.53 Å². The molecule has 0 N–H and O–H groups in total. The van der Waals surface area contributed by atoms with Crippen LogP contribution in [0, 0.1) is 0 Å². The summed E-state index contributed by atoms with van der Waals surface area (Å²) in [7, 11) is 0. The van der Waals surface area contributed by atoms with Gasteiger partial charge in [0.15, 0.2) is 4.80 Å². The van der Waals surface area contributed by atoms with Gasteiger partial charge in [-0.05, 0) is 61.6 Å². The topological polar surface area (TPSA) is 69.9 Å². The highest BCUT2D eigenvalue weighted by molar-refractivity contribution is 7.10. The van der Waals surface area contributed by atoms with Crippen LogP contribution >= 0.6 is 22.7 Å². The molecule has 0 saturated carbocycles. The molecule has 0 radical (unpaired) electrons. The molecule has 2 aromatic heterocycles. The van der Waals surface area contributed by atoms with Crippen LogP contribution in [0.15, 0.2) is 75.0 Å². The zero-order valence-corrected chi connectivity index (χ0v) is 23.5. The molecule has 196 valence electrons. The van der Waals surface area contributed by atoms with Crippen LogP contribution in [0.5, 0.6) is 5.75 Å². The maximum absolute atomic E-state index is 14.1. The number of carbonyl (C=O) groups is 1. The normalized spacial score (nSPS) is 15.6. The van der Waals surface area contributed by atoms with E-state index in [1.54, 1.807) is 11.5 Å². The maximum Gasteiger partial charge on any atom is 0.338 e. The highest BCUT2D eigenvalue weighted by Gasteiger charge is 2.34. The standard InChI is InChI=1S/C30H30N2O4S2/c1-5-10-22-26(29(34)35-6-2)27(24-13-9-16-37-24)32-28(33)25(38-30(32)31-22)17-21-20-12-8-7-11-19(20)14-15-23(21)36-18(3)4/h7-9,11-18,27H,5-6,10H2,1-4H3/b25-17-/t27-/m0/s1. The van der Waals surface area contributed by atoms with Crippen LogP contribution in [0.1, 0.15) is 57.0 Å². The molecule has 1 atom stereocenters. The molecule has 38 heavy (non-hydrogen) atoms. The second-order valence-electron chi connectivity index (χ2n) is 9.29. The van der Waals surface area contributed by atoms with E-state index in [1.165, 1.54) is 22.7 Å². The first-order valence-electron chi connectivity index (χ1n) is 12.9. The summed E-state index contributed by atoms with van der Waals surface area (Å²) in [5.41, 5.74) is 1.80. The average molecular weight is 547 g/mol. The fraction of sp³-hybridized carbons (Fsp3) is 0.300. The molecule has 0 fully saturated rings. The van der Waals surface area contributed by atoms with Gasteiger partial charge in [0.25, 0.3) is 5.56 Å². The van der Waals surface area contributed by atoms with Gasteiger partial charge in [-0.1, -0.05) is 61.1 Å². The zero-order valence-electron chi connectivity index (χ0n) is 21.9. The quantitative estimate of drug-likeness (QED) is 0.271. The number of carbonyl (C=O) groups excluding carboxylic acids is 1. The fourth-order valence-corrected chi connectivity index (χ4v) is 6.57. The summed E-state index contributed by atoms with van der Waals surface area (Å²) in [4.78, 5) is 33.6. The van der Waals surface area contributed by atoms with E-state index in [1.807, 2.05) is 73.8 Å². The summed E-state index contributed by atoms with van der Waals surface area (Å²) < 4.78 is 13.8. The lowest BCUT2D eigenvalue weighted by Crippen LogP contribution is -2.39.